The van der Waals surface area contributed by atoms with Gasteiger partial charge in [0.25, 0.3) is 15.9 Å². The monoisotopic (exact) mass is 500 g/mol. The van der Waals surface area contributed by atoms with Gasteiger partial charge in [0, 0.05) is 17.2 Å². The Kier molecular flexibility index (Phi) is 7.27. The van der Waals surface area contributed by atoms with Gasteiger partial charge in [0.05, 0.1) is 26.5 Å². The average molecular weight is 501 g/mol. The van der Waals surface area contributed by atoms with Crippen LogP contribution in [0.5, 0.6) is 11.5 Å². The molecule has 1 aliphatic rings. The molecule has 0 aromatic heterocycles. The molecule has 190 valence electrons. The number of rotatable bonds is 7. The molecule has 0 spiro atoms. The molecule has 35 heavy (non-hydrogen) atoms. The molecule has 0 unspecified atom stereocenters. The van der Waals surface area contributed by atoms with Crippen molar-refractivity contribution < 1.29 is 22.7 Å². The van der Waals surface area contributed by atoms with Gasteiger partial charge in [-0.05, 0) is 49.8 Å². The third-order valence-electron chi connectivity index (χ3n) is 5.86. The number of amides is 1. The van der Waals surface area contributed by atoms with E-state index in [0.717, 1.165) is 5.56 Å². The van der Waals surface area contributed by atoms with Crippen molar-refractivity contribution >= 4 is 27.2 Å². The predicted molar refractivity (Wildman–Crippen MR) is 140 cm³/mol. The Morgan fingerprint density at radius 2 is 1.54 bits per heavy atom. The number of nitrogens with one attached hydrogen (secondary N) is 1. The van der Waals surface area contributed by atoms with Crippen LogP contribution in [0.2, 0.25) is 0 Å². The molecule has 7 nitrogen and oxygen atoms in total. The summed E-state index contributed by atoms with van der Waals surface area (Å²) in [6, 6.07) is 12.7. The van der Waals surface area contributed by atoms with Crippen molar-refractivity contribution in [2.45, 2.75) is 60.0 Å². The Bertz CT molecular complexity index is 1240. The fourth-order valence-corrected chi connectivity index (χ4v) is 6.60. The number of carbonyl (C=O) groups is 1. The lowest BCUT2D eigenvalue weighted by atomic mass is 9.82. The third-order valence-corrected chi connectivity index (χ3v) is 7.78. The molecular formula is C27H36N2O5S. The fourth-order valence-electron chi connectivity index (χ4n) is 4.87. The molecule has 1 heterocycles. The highest BCUT2D eigenvalue weighted by Crippen LogP contribution is 2.45. The Balaban J connectivity index is 2.19. The number of methoxy groups -OCH3 is 2. The van der Waals surface area contributed by atoms with E-state index in [9.17, 15) is 13.2 Å². The van der Waals surface area contributed by atoms with E-state index >= 15 is 0 Å². The number of allylic oxidation sites excluding steroid dienone is 1. The summed E-state index contributed by atoms with van der Waals surface area (Å²) in [4.78, 5) is 13.3. The summed E-state index contributed by atoms with van der Waals surface area (Å²) < 4.78 is 40.2. The Morgan fingerprint density at radius 3 is 2.09 bits per heavy atom. The summed E-state index contributed by atoms with van der Waals surface area (Å²) in [6.07, 6.45) is 0.674. The summed E-state index contributed by atoms with van der Waals surface area (Å²) in [5.41, 5.74) is 1.54. The first-order valence-corrected chi connectivity index (χ1v) is 13.0. The average Bonchev–Trinajstić information content (AvgIpc) is 2.74. The molecular weight excluding hydrogens is 464 g/mol. The van der Waals surface area contributed by atoms with Crippen LogP contribution in [-0.4, -0.2) is 34.1 Å². The van der Waals surface area contributed by atoms with Crippen molar-refractivity contribution in [2.75, 3.05) is 18.5 Å². The lowest BCUT2D eigenvalue weighted by Gasteiger charge is -2.36. The van der Waals surface area contributed by atoms with Crippen LogP contribution >= 0.6 is 0 Å². The van der Waals surface area contributed by atoms with E-state index in [1.54, 1.807) is 19.1 Å². The van der Waals surface area contributed by atoms with Gasteiger partial charge in [-0.15, -0.1) is 0 Å². The number of benzene rings is 2. The maximum absolute atomic E-state index is 14.0. The van der Waals surface area contributed by atoms with Crippen LogP contribution < -0.4 is 19.1 Å². The summed E-state index contributed by atoms with van der Waals surface area (Å²) >= 11 is 0. The standard InChI is InChI=1S/C27H36N2O5S/c1-18-20-14-22(33-7)23(34-8)15-21(20)29(16-19-12-10-9-11-13-19)35(31,32)24(18)25(30)28-27(5,6)17-26(2,3)4/h9-15H,16-17H2,1-8H3,(H,28,30). The minimum atomic E-state index is -4.18. The molecule has 0 atom stereocenters. The SMILES string of the molecule is COc1cc2c(cc1OC)N(Cc1ccccc1)S(=O)(=O)C(C(=O)NC(C)(C)CC(C)(C)C)=C2C. The number of fused-ring (bicyclic) bond motifs is 1. The van der Waals surface area contributed by atoms with Crippen LogP contribution in [0.1, 0.15) is 59.1 Å². The second kappa shape index (κ2) is 9.57. The predicted octanol–water partition coefficient (Wildman–Crippen LogP) is 5.12. The number of ether oxygens (including phenoxy) is 2. The topological polar surface area (TPSA) is 84.9 Å². The van der Waals surface area contributed by atoms with Gasteiger partial charge in [-0.25, -0.2) is 8.42 Å². The summed E-state index contributed by atoms with van der Waals surface area (Å²) in [5, 5.41) is 2.98. The number of nitrogens with zero attached hydrogens (tertiary/aromatic N) is 1. The molecule has 0 bridgehead atoms. The van der Waals surface area contributed by atoms with Gasteiger partial charge in [-0.1, -0.05) is 51.1 Å². The number of anilines is 1. The Labute approximate surface area is 209 Å². The molecule has 0 saturated heterocycles. The van der Waals surface area contributed by atoms with Gasteiger partial charge in [0.15, 0.2) is 16.4 Å². The van der Waals surface area contributed by atoms with E-state index < -0.39 is 21.5 Å². The van der Waals surface area contributed by atoms with E-state index in [0.29, 0.717) is 34.7 Å². The molecule has 0 fully saturated rings. The van der Waals surface area contributed by atoms with Gasteiger partial charge < -0.3 is 14.8 Å². The molecule has 0 radical (unpaired) electrons. The largest absolute Gasteiger partial charge is 0.493 e. The van der Waals surface area contributed by atoms with E-state index in [4.69, 9.17) is 9.47 Å². The van der Waals surface area contributed by atoms with Crippen LogP contribution in [0.4, 0.5) is 5.69 Å². The lowest BCUT2D eigenvalue weighted by Crippen LogP contribution is -2.49. The number of sulfonamides is 1. The van der Waals surface area contributed by atoms with E-state index in [1.807, 2.05) is 44.2 Å². The third kappa shape index (κ3) is 5.64. The summed E-state index contributed by atoms with van der Waals surface area (Å²) in [7, 11) is -1.16. The maximum atomic E-state index is 14.0. The van der Waals surface area contributed by atoms with Crippen molar-refractivity contribution in [3.63, 3.8) is 0 Å². The van der Waals surface area contributed by atoms with Crippen molar-refractivity contribution in [1.82, 2.24) is 5.32 Å². The van der Waals surface area contributed by atoms with Gasteiger partial charge in [-0.2, -0.15) is 0 Å². The highest BCUT2D eigenvalue weighted by atomic mass is 32.2. The normalized spacial score (nSPS) is 15.5. The first-order valence-electron chi connectivity index (χ1n) is 11.6. The van der Waals surface area contributed by atoms with Crippen LogP contribution in [0.3, 0.4) is 0 Å². The zero-order valence-electron chi connectivity index (χ0n) is 21.9. The lowest BCUT2D eigenvalue weighted by molar-refractivity contribution is -0.118. The van der Waals surface area contributed by atoms with Gasteiger partial charge in [0.1, 0.15) is 0 Å². The molecule has 1 N–H and O–H groups in total. The summed E-state index contributed by atoms with van der Waals surface area (Å²) in [6.45, 7) is 11.8. The number of hydrogen-bond acceptors (Lipinski definition) is 5. The molecule has 3 rings (SSSR count). The van der Waals surface area contributed by atoms with E-state index in [2.05, 4.69) is 26.1 Å². The first kappa shape index (κ1) is 26.6. The minimum absolute atomic E-state index is 0.0541. The Morgan fingerprint density at radius 1 is 0.971 bits per heavy atom. The van der Waals surface area contributed by atoms with E-state index in [1.165, 1.54) is 18.5 Å². The fraction of sp³-hybridized carbons (Fsp3) is 0.444. The first-order chi connectivity index (χ1) is 16.2. The quantitative estimate of drug-likeness (QED) is 0.571. The van der Waals surface area contributed by atoms with Gasteiger partial charge >= 0.3 is 0 Å². The zero-order valence-corrected chi connectivity index (χ0v) is 22.7. The van der Waals surface area contributed by atoms with Crippen molar-refractivity contribution in [3.8, 4) is 11.5 Å². The van der Waals surface area contributed by atoms with Crippen LogP contribution in [-0.2, 0) is 21.4 Å². The van der Waals surface area contributed by atoms with Crippen LogP contribution in [0.25, 0.3) is 5.57 Å². The van der Waals surface area contributed by atoms with Crippen LogP contribution in [0, 0.1) is 5.41 Å². The van der Waals surface area contributed by atoms with E-state index in [-0.39, 0.29) is 16.9 Å². The maximum Gasteiger partial charge on any atom is 0.270 e. The highest BCUT2D eigenvalue weighted by molar-refractivity contribution is 7.97. The van der Waals surface area contributed by atoms with Crippen molar-refractivity contribution in [1.29, 1.82) is 0 Å². The molecule has 2 aromatic carbocycles. The zero-order chi connectivity index (χ0) is 26.2. The highest BCUT2D eigenvalue weighted by Gasteiger charge is 2.42. The van der Waals surface area contributed by atoms with Crippen molar-refractivity contribution in [3.05, 3.63) is 58.5 Å². The second-order valence-corrected chi connectivity index (χ2v) is 12.6. The molecule has 1 aliphatic heterocycles. The number of carbonyl (C=O) groups excluding carboxylic acids is 1. The van der Waals surface area contributed by atoms with Crippen molar-refractivity contribution in [2.24, 2.45) is 5.41 Å². The van der Waals surface area contributed by atoms with Crippen LogP contribution in [0.15, 0.2) is 47.4 Å². The Hall–Kier alpha value is -3.00. The minimum Gasteiger partial charge on any atom is -0.493 e. The second-order valence-electron chi connectivity index (χ2n) is 10.8. The molecule has 8 heteroatoms. The molecule has 1 amide bonds. The molecule has 0 aliphatic carbocycles. The molecule has 0 saturated carbocycles. The summed E-state index contributed by atoms with van der Waals surface area (Å²) in [5.74, 6) is 0.249. The smallest absolute Gasteiger partial charge is 0.270 e. The number of hydrogen-bond donors (Lipinski definition) is 1. The molecule has 2 aromatic rings. The van der Waals surface area contributed by atoms with Gasteiger partial charge in [0.2, 0.25) is 0 Å². The van der Waals surface area contributed by atoms with Gasteiger partial charge in [-0.3, -0.25) is 9.10 Å².